The van der Waals surface area contributed by atoms with Gasteiger partial charge in [-0.1, -0.05) is 33.2 Å². The number of methoxy groups -OCH3 is 1. The van der Waals surface area contributed by atoms with Crippen LogP contribution in [0, 0.1) is 13.8 Å². The molecule has 0 bridgehead atoms. The van der Waals surface area contributed by atoms with Gasteiger partial charge in [-0.2, -0.15) is 0 Å². The van der Waals surface area contributed by atoms with Crippen LogP contribution in [-0.4, -0.2) is 29.1 Å². The van der Waals surface area contributed by atoms with Gasteiger partial charge < -0.3 is 14.4 Å². The second-order valence-electron chi connectivity index (χ2n) is 7.20. The molecule has 0 spiro atoms. The summed E-state index contributed by atoms with van der Waals surface area (Å²) in [5, 5.41) is 15.1. The van der Waals surface area contributed by atoms with Gasteiger partial charge in [0.15, 0.2) is 5.82 Å². The van der Waals surface area contributed by atoms with Crippen LogP contribution in [0.1, 0.15) is 28.5 Å². The minimum Gasteiger partial charge on any atom is -0.507 e. The van der Waals surface area contributed by atoms with Gasteiger partial charge in [-0.25, -0.2) is 0 Å². The third kappa shape index (κ3) is 3.63. The van der Waals surface area contributed by atoms with Crippen LogP contribution in [0.15, 0.2) is 63.1 Å². The number of aromatic nitrogens is 1. The first-order valence-electron chi connectivity index (χ1n) is 9.46. The molecule has 0 aliphatic carbocycles. The number of rotatable bonds is 4. The summed E-state index contributed by atoms with van der Waals surface area (Å²) in [7, 11) is 1.56. The lowest BCUT2D eigenvalue weighted by Gasteiger charge is -2.23. The van der Waals surface area contributed by atoms with Crippen molar-refractivity contribution in [3.05, 3.63) is 81.0 Å². The van der Waals surface area contributed by atoms with Crippen molar-refractivity contribution in [2.45, 2.75) is 19.9 Å². The number of hydrogen-bond acceptors (Lipinski definition) is 6. The number of aliphatic hydroxyl groups is 1. The third-order valence-corrected chi connectivity index (χ3v) is 5.69. The van der Waals surface area contributed by atoms with Crippen LogP contribution in [0.4, 0.5) is 5.82 Å². The Morgan fingerprint density at radius 1 is 1.13 bits per heavy atom. The maximum Gasteiger partial charge on any atom is 0.301 e. The highest BCUT2D eigenvalue weighted by Crippen LogP contribution is 2.42. The van der Waals surface area contributed by atoms with E-state index in [9.17, 15) is 14.7 Å². The first-order valence-corrected chi connectivity index (χ1v) is 10.3. The molecule has 0 saturated carbocycles. The number of aliphatic hydroxyl groups excluding tert-OH is 1. The molecule has 1 aromatic heterocycles. The number of aryl methyl sites for hydroxylation is 2. The van der Waals surface area contributed by atoms with E-state index in [4.69, 9.17) is 9.26 Å². The van der Waals surface area contributed by atoms with E-state index in [-0.39, 0.29) is 17.2 Å². The number of Topliss-reactive ketones (excluding diaryl/α,β-unsaturated/α-hetero) is 1. The van der Waals surface area contributed by atoms with Gasteiger partial charge in [0.25, 0.3) is 5.78 Å². The molecule has 4 rings (SSSR count). The van der Waals surface area contributed by atoms with Gasteiger partial charge in [-0.05, 0) is 55.3 Å². The molecule has 1 amide bonds. The van der Waals surface area contributed by atoms with E-state index < -0.39 is 17.7 Å². The number of benzene rings is 2. The van der Waals surface area contributed by atoms with Crippen molar-refractivity contribution in [1.29, 1.82) is 0 Å². The number of anilines is 1. The normalized spacial score (nSPS) is 17.9. The van der Waals surface area contributed by atoms with Crippen molar-refractivity contribution in [2.75, 3.05) is 12.0 Å². The molecular weight excluding hydrogens is 464 g/mol. The van der Waals surface area contributed by atoms with Crippen molar-refractivity contribution < 1.29 is 24.0 Å². The summed E-state index contributed by atoms with van der Waals surface area (Å²) in [5.74, 6) is -0.485. The van der Waals surface area contributed by atoms with E-state index >= 15 is 0 Å². The Morgan fingerprint density at radius 3 is 2.42 bits per heavy atom. The molecule has 1 N–H and O–H groups in total. The number of carbonyl (C=O) groups excluding carboxylic acids is 2. The molecule has 7 nitrogen and oxygen atoms in total. The lowest BCUT2D eigenvalue weighted by molar-refractivity contribution is -0.132. The molecule has 1 fully saturated rings. The lowest BCUT2D eigenvalue weighted by Crippen LogP contribution is -2.29. The topological polar surface area (TPSA) is 92.9 Å². The van der Waals surface area contributed by atoms with E-state index in [1.165, 1.54) is 4.90 Å². The van der Waals surface area contributed by atoms with Gasteiger partial charge in [0, 0.05) is 16.1 Å². The van der Waals surface area contributed by atoms with Crippen molar-refractivity contribution in [3.63, 3.8) is 0 Å². The van der Waals surface area contributed by atoms with Crippen molar-refractivity contribution in [3.8, 4) is 5.75 Å². The Hall–Kier alpha value is -3.39. The van der Waals surface area contributed by atoms with Crippen LogP contribution < -0.4 is 9.64 Å². The number of hydrogen-bond donors (Lipinski definition) is 1. The lowest BCUT2D eigenvalue weighted by atomic mass is 9.95. The molecule has 1 saturated heterocycles. The van der Waals surface area contributed by atoms with E-state index in [1.54, 1.807) is 62.6 Å². The summed E-state index contributed by atoms with van der Waals surface area (Å²) in [6.07, 6.45) is 0. The molecule has 1 atom stereocenters. The Morgan fingerprint density at radius 2 is 1.84 bits per heavy atom. The SMILES string of the molecule is COc1ccc(C(O)=C2C(=O)C(=O)N(c3cc(C)on3)[C@@H]2c2ccc(Br)cc2)cc1C. The standard InChI is InChI=1S/C23H19BrN2O5/c1-12-10-15(6-9-17(12)30-3)21(27)19-20(14-4-7-16(24)8-5-14)26(23(29)22(19)28)18-11-13(2)31-25-18/h4-11,20,27H,1-3H3/t20-/m1/s1. The zero-order valence-electron chi connectivity index (χ0n) is 17.0. The zero-order chi connectivity index (χ0) is 22.3. The molecular formula is C23H19BrN2O5. The van der Waals surface area contributed by atoms with Crippen LogP contribution in [0.5, 0.6) is 5.75 Å². The van der Waals surface area contributed by atoms with Gasteiger partial charge in [-0.3, -0.25) is 14.5 Å². The number of amides is 1. The molecule has 3 aromatic rings. The monoisotopic (exact) mass is 482 g/mol. The number of ether oxygens (including phenoxy) is 1. The highest BCUT2D eigenvalue weighted by atomic mass is 79.9. The van der Waals surface area contributed by atoms with E-state index in [2.05, 4.69) is 21.1 Å². The van der Waals surface area contributed by atoms with Gasteiger partial charge in [0.1, 0.15) is 17.3 Å². The van der Waals surface area contributed by atoms with E-state index in [0.29, 0.717) is 22.6 Å². The largest absolute Gasteiger partial charge is 0.507 e. The molecule has 1 aliphatic heterocycles. The molecule has 31 heavy (non-hydrogen) atoms. The summed E-state index contributed by atoms with van der Waals surface area (Å²) in [5.41, 5.74) is 1.83. The van der Waals surface area contributed by atoms with Crippen LogP contribution >= 0.6 is 15.9 Å². The van der Waals surface area contributed by atoms with E-state index in [1.807, 2.05) is 6.92 Å². The summed E-state index contributed by atoms with van der Waals surface area (Å²) in [6.45, 7) is 3.53. The number of halogens is 1. The van der Waals surface area contributed by atoms with Crippen LogP contribution in [0.25, 0.3) is 5.76 Å². The fraction of sp³-hybridized carbons (Fsp3) is 0.174. The summed E-state index contributed by atoms with van der Waals surface area (Å²) < 4.78 is 11.2. The Balaban J connectivity index is 1.93. The Labute approximate surface area is 187 Å². The quantitative estimate of drug-likeness (QED) is 0.329. The minimum atomic E-state index is -0.861. The maximum absolute atomic E-state index is 13.1. The van der Waals surface area contributed by atoms with Crippen molar-refractivity contribution in [2.24, 2.45) is 0 Å². The highest BCUT2D eigenvalue weighted by molar-refractivity contribution is 9.10. The van der Waals surface area contributed by atoms with Crippen LogP contribution in [0.3, 0.4) is 0 Å². The molecule has 8 heteroatoms. The minimum absolute atomic E-state index is 0.0162. The summed E-state index contributed by atoms with van der Waals surface area (Å²) in [6, 6.07) is 13.0. The predicted octanol–water partition coefficient (Wildman–Crippen LogP) is 4.69. The average molecular weight is 483 g/mol. The molecule has 1 aliphatic rings. The fourth-order valence-electron chi connectivity index (χ4n) is 3.68. The Kier molecular flexibility index (Phi) is 5.41. The Bertz CT molecular complexity index is 1210. The molecule has 0 radical (unpaired) electrons. The molecule has 2 heterocycles. The van der Waals surface area contributed by atoms with Crippen molar-refractivity contribution >= 4 is 39.2 Å². The summed E-state index contributed by atoms with van der Waals surface area (Å²) in [4.78, 5) is 27.3. The number of carbonyl (C=O) groups is 2. The molecule has 158 valence electrons. The highest BCUT2D eigenvalue weighted by Gasteiger charge is 2.48. The first kappa shape index (κ1) is 20.9. The van der Waals surface area contributed by atoms with Crippen LogP contribution in [0.2, 0.25) is 0 Å². The zero-order valence-corrected chi connectivity index (χ0v) is 18.6. The van der Waals surface area contributed by atoms with Gasteiger partial charge >= 0.3 is 5.91 Å². The molecule has 2 aromatic carbocycles. The maximum atomic E-state index is 13.1. The number of ketones is 1. The smallest absolute Gasteiger partial charge is 0.301 e. The van der Waals surface area contributed by atoms with Gasteiger partial charge in [-0.15, -0.1) is 0 Å². The summed E-state index contributed by atoms with van der Waals surface area (Å²) >= 11 is 3.40. The fourth-order valence-corrected chi connectivity index (χ4v) is 3.94. The first-order chi connectivity index (χ1) is 14.8. The second-order valence-corrected chi connectivity index (χ2v) is 8.12. The third-order valence-electron chi connectivity index (χ3n) is 5.16. The van der Waals surface area contributed by atoms with Gasteiger partial charge in [0.05, 0.1) is 18.7 Å². The predicted molar refractivity (Wildman–Crippen MR) is 118 cm³/mol. The average Bonchev–Trinajstić information content (AvgIpc) is 3.29. The second kappa shape index (κ2) is 8.03. The van der Waals surface area contributed by atoms with Crippen LogP contribution in [-0.2, 0) is 9.59 Å². The van der Waals surface area contributed by atoms with Crippen molar-refractivity contribution in [1.82, 2.24) is 5.16 Å². The number of nitrogens with zero attached hydrogens (tertiary/aromatic N) is 2. The molecule has 0 unspecified atom stereocenters. The van der Waals surface area contributed by atoms with E-state index in [0.717, 1.165) is 10.0 Å². The van der Waals surface area contributed by atoms with Gasteiger partial charge in [0.2, 0.25) is 0 Å².